The standard InChI is InChI=1S/C22H29FO5.2Na.H3O4P/c1-12-8-16-15-5-4-13-9-14(25)6-7-19(13,2)21(15,23)17(26)10-20(16,3)22(12,28)18(27)11-24;;;1-5(2,3)4/h6-7,9,12,15-17,24,26,28H,4-5,8,10-11H2,1-3H3;;;(H3,1,2,3,4)/q;2*+1;/p-2/t12-,15-,16-,17-,19-,20-,21-,22-;;;/m0.../s1. The van der Waals surface area contributed by atoms with Crippen molar-refractivity contribution < 1.29 is 108 Å². The molecule has 8 atom stereocenters. The Hall–Kier alpha value is 0.740. The zero-order valence-electron chi connectivity index (χ0n) is 20.7. The molecule has 35 heavy (non-hydrogen) atoms. The summed E-state index contributed by atoms with van der Waals surface area (Å²) < 4.78 is 25.5. The third kappa shape index (κ3) is 5.19. The minimum absolute atomic E-state index is 0. The van der Waals surface area contributed by atoms with Gasteiger partial charge in [-0.25, -0.2) is 4.39 Å². The summed E-state index contributed by atoms with van der Waals surface area (Å²) in [6.07, 6.45) is 4.44. The number of hydrogen-bond acceptors (Lipinski definition) is 8. The van der Waals surface area contributed by atoms with Gasteiger partial charge in [-0.2, -0.15) is 0 Å². The van der Waals surface area contributed by atoms with Gasteiger partial charge >= 0.3 is 59.1 Å². The molecule has 0 aromatic heterocycles. The maximum atomic E-state index is 16.9. The van der Waals surface area contributed by atoms with Gasteiger partial charge in [-0.1, -0.05) is 25.5 Å². The molecule has 9 nitrogen and oxygen atoms in total. The summed E-state index contributed by atoms with van der Waals surface area (Å²) in [5, 5.41) is 32.0. The van der Waals surface area contributed by atoms with Crippen molar-refractivity contribution in [3.8, 4) is 0 Å². The molecule has 4 aliphatic rings. The molecule has 13 heteroatoms. The van der Waals surface area contributed by atoms with Gasteiger partial charge in [0, 0.05) is 16.7 Å². The Morgan fingerprint density at radius 2 is 1.80 bits per heavy atom. The van der Waals surface area contributed by atoms with Crippen molar-refractivity contribution in [3.05, 3.63) is 23.8 Å². The molecule has 4 aliphatic carbocycles. The number of allylic oxidation sites excluding steroid dienone is 4. The van der Waals surface area contributed by atoms with Gasteiger partial charge in [-0.05, 0) is 56.6 Å². The van der Waals surface area contributed by atoms with E-state index in [0.29, 0.717) is 24.8 Å². The summed E-state index contributed by atoms with van der Waals surface area (Å²) in [7, 11) is -5.14. The topological polar surface area (TPSA) is 178 Å². The van der Waals surface area contributed by atoms with Crippen LogP contribution in [0.15, 0.2) is 23.8 Å². The first kappa shape index (κ1) is 33.8. The van der Waals surface area contributed by atoms with E-state index in [1.807, 2.05) is 0 Å². The summed E-state index contributed by atoms with van der Waals surface area (Å²) in [6, 6.07) is 0. The number of halogens is 1. The smallest absolute Gasteiger partial charge is 0.790 e. The Bertz CT molecular complexity index is 962. The van der Waals surface area contributed by atoms with Gasteiger partial charge in [0.2, 0.25) is 0 Å². The third-order valence-electron chi connectivity index (χ3n) is 8.79. The van der Waals surface area contributed by atoms with E-state index in [4.69, 9.17) is 19.2 Å². The minimum atomic E-state index is -5.14. The summed E-state index contributed by atoms with van der Waals surface area (Å²) in [4.78, 5) is 48.7. The van der Waals surface area contributed by atoms with Crippen LogP contribution in [0.4, 0.5) is 4.39 Å². The van der Waals surface area contributed by atoms with Crippen LogP contribution in [-0.4, -0.2) is 55.8 Å². The van der Waals surface area contributed by atoms with Crippen LogP contribution < -0.4 is 68.9 Å². The Kier molecular flexibility index (Phi) is 10.7. The molecule has 0 radical (unpaired) electrons. The van der Waals surface area contributed by atoms with Crippen molar-refractivity contribution in [2.75, 3.05) is 6.61 Å². The number of carbonyl (C=O) groups excluding carboxylic acids is 2. The molecule has 0 aromatic rings. The van der Waals surface area contributed by atoms with Crippen LogP contribution in [-0.2, 0) is 14.2 Å². The largest absolute Gasteiger partial charge is 1.00 e. The van der Waals surface area contributed by atoms with Crippen molar-refractivity contribution in [1.29, 1.82) is 0 Å². The normalized spacial score (nSPS) is 43.7. The first-order valence-electron chi connectivity index (χ1n) is 10.9. The van der Waals surface area contributed by atoms with E-state index in [1.165, 1.54) is 12.2 Å². The number of fused-ring (bicyclic) bond motifs is 5. The van der Waals surface area contributed by atoms with Crippen LogP contribution in [0.3, 0.4) is 0 Å². The van der Waals surface area contributed by atoms with Crippen LogP contribution >= 0.6 is 7.82 Å². The molecule has 0 amide bonds. The van der Waals surface area contributed by atoms with Crippen LogP contribution in [0, 0.1) is 28.6 Å². The Labute approximate surface area is 248 Å². The van der Waals surface area contributed by atoms with E-state index < -0.39 is 60.3 Å². The number of aliphatic hydroxyl groups is 3. The number of hydrogen-bond donors (Lipinski definition) is 4. The van der Waals surface area contributed by atoms with Gasteiger partial charge in [-0.3, -0.25) is 9.59 Å². The van der Waals surface area contributed by atoms with Crippen molar-refractivity contribution in [2.45, 2.75) is 63.8 Å². The summed E-state index contributed by atoms with van der Waals surface area (Å²) in [5.74, 6) is -2.12. The van der Waals surface area contributed by atoms with E-state index in [0.717, 1.165) is 0 Å². The molecular formula is C22H30FNa2O9P. The van der Waals surface area contributed by atoms with E-state index >= 15 is 4.39 Å². The molecule has 0 aromatic carbocycles. The van der Waals surface area contributed by atoms with Gasteiger partial charge in [0.05, 0.1) is 13.9 Å². The Morgan fingerprint density at radius 3 is 2.31 bits per heavy atom. The first-order valence-corrected chi connectivity index (χ1v) is 12.4. The second-order valence-electron chi connectivity index (χ2n) is 10.2. The predicted octanol–water partition coefficient (Wildman–Crippen LogP) is -6.29. The summed E-state index contributed by atoms with van der Waals surface area (Å²) >= 11 is 0. The summed E-state index contributed by atoms with van der Waals surface area (Å²) in [5.41, 5.74) is -5.17. The SMILES string of the molecule is C[C@H]1C[C@H]2[C@@H]3CCC4=CC(=O)C=C[C@]4(C)[C@@]3(F)[C@@H](O)C[C@]2(C)[C@@]1(O)C(=O)CO.O=P([O-])([O-])O.[Na+].[Na+]. The quantitative estimate of drug-likeness (QED) is 0.198. The monoisotopic (exact) mass is 534 g/mol. The zero-order chi connectivity index (χ0) is 25.2. The zero-order valence-corrected chi connectivity index (χ0v) is 25.6. The van der Waals surface area contributed by atoms with E-state index in [2.05, 4.69) is 0 Å². The van der Waals surface area contributed by atoms with Gasteiger partial charge in [0.25, 0.3) is 0 Å². The molecule has 3 fully saturated rings. The molecule has 4 N–H and O–H groups in total. The van der Waals surface area contributed by atoms with Gasteiger partial charge < -0.3 is 34.6 Å². The molecule has 0 saturated heterocycles. The fourth-order valence-corrected chi connectivity index (χ4v) is 7.26. The number of carbonyl (C=O) groups is 2. The molecule has 0 spiro atoms. The second-order valence-corrected chi connectivity index (χ2v) is 11.2. The molecule has 0 bridgehead atoms. The Morgan fingerprint density at radius 1 is 1.26 bits per heavy atom. The molecule has 4 rings (SSSR count). The van der Waals surface area contributed by atoms with Gasteiger partial charge in [-0.15, -0.1) is 0 Å². The maximum absolute atomic E-state index is 16.9. The Balaban J connectivity index is 0.000000798. The second kappa shape index (κ2) is 11.1. The van der Waals surface area contributed by atoms with Gasteiger partial charge in [0.1, 0.15) is 12.2 Å². The van der Waals surface area contributed by atoms with Crippen LogP contribution in [0.2, 0.25) is 0 Å². The fraction of sp³-hybridized carbons (Fsp3) is 0.727. The van der Waals surface area contributed by atoms with Crippen molar-refractivity contribution in [3.63, 3.8) is 0 Å². The average Bonchev–Trinajstić information content (AvgIpc) is 2.89. The molecule has 0 aliphatic heterocycles. The molecule has 186 valence electrons. The fourth-order valence-electron chi connectivity index (χ4n) is 7.26. The number of ketones is 2. The van der Waals surface area contributed by atoms with Crippen molar-refractivity contribution >= 4 is 19.4 Å². The minimum Gasteiger partial charge on any atom is -0.790 e. The maximum Gasteiger partial charge on any atom is 1.00 e. The van der Waals surface area contributed by atoms with E-state index in [-0.39, 0.29) is 77.2 Å². The molecular weight excluding hydrogens is 504 g/mol. The van der Waals surface area contributed by atoms with Crippen LogP contribution in [0.25, 0.3) is 0 Å². The first-order chi connectivity index (χ1) is 15.0. The van der Waals surface area contributed by atoms with Crippen LogP contribution in [0.5, 0.6) is 0 Å². The van der Waals surface area contributed by atoms with E-state index in [1.54, 1.807) is 26.8 Å². The number of Topliss-reactive ketones (excluding diaryl/α,β-unsaturated/α-hetero) is 1. The third-order valence-corrected chi connectivity index (χ3v) is 8.79. The number of phosphoric acid groups is 1. The number of rotatable bonds is 2. The van der Waals surface area contributed by atoms with Gasteiger partial charge in [0.15, 0.2) is 17.2 Å². The summed E-state index contributed by atoms with van der Waals surface area (Å²) in [6.45, 7) is 4.48. The van der Waals surface area contributed by atoms with Crippen molar-refractivity contribution in [2.24, 2.45) is 28.6 Å². The molecule has 0 heterocycles. The predicted molar refractivity (Wildman–Crippen MR) is 110 cm³/mol. The number of alkyl halides is 1. The van der Waals surface area contributed by atoms with E-state index in [9.17, 15) is 24.9 Å². The van der Waals surface area contributed by atoms with Crippen molar-refractivity contribution in [1.82, 2.24) is 0 Å². The molecule has 3 saturated carbocycles. The van der Waals surface area contributed by atoms with Crippen LogP contribution in [0.1, 0.15) is 46.5 Å². The average molecular weight is 534 g/mol. The molecule has 0 unspecified atom stereocenters. The number of aliphatic hydroxyl groups excluding tert-OH is 2.